The molecular weight excluding hydrogens is 364 g/mol. The van der Waals surface area contributed by atoms with Crippen LogP contribution in [-0.4, -0.2) is 62.3 Å². The van der Waals surface area contributed by atoms with E-state index in [0.29, 0.717) is 17.6 Å². The van der Waals surface area contributed by atoms with Crippen molar-refractivity contribution in [1.82, 2.24) is 30.0 Å². The van der Waals surface area contributed by atoms with Crippen molar-refractivity contribution in [3.05, 3.63) is 23.6 Å². The van der Waals surface area contributed by atoms with Crippen LogP contribution in [0.15, 0.2) is 18.6 Å². The van der Waals surface area contributed by atoms with Gasteiger partial charge in [0.15, 0.2) is 0 Å². The van der Waals surface area contributed by atoms with Crippen LogP contribution >= 0.6 is 11.3 Å². The van der Waals surface area contributed by atoms with E-state index in [1.807, 2.05) is 31.1 Å². The summed E-state index contributed by atoms with van der Waals surface area (Å²) in [5, 5.41) is 13.1. The average Bonchev–Trinajstić information content (AvgIpc) is 3.30. The molecule has 10 heteroatoms. The second-order valence-electron chi connectivity index (χ2n) is 6.88. The zero-order chi connectivity index (χ0) is 19.0. The number of carbonyl (C=O) groups is 1. The number of likely N-dealkylation sites (N-methyl/N-ethyl adjacent to an activating group) is 1. The summed E-state index contributed by atoms with van der Waals surface area (Å²) in [4.78, 5) is 28.5. The smallest absolute Gasteiger partial charge is 0.323 e. The Morgan fingerprint density at radius 3 is 3.04 bits per heavy atom. The van der Waals surface area contributed by atoms with E-state index in [2.05, 4.69) is 42.3 Å². The van der Waals surface area contributed by atoms with Gasteiger partial charge in [0, 0.05) is 26.3 Å². The molecule has 2 unspecified atom stereocenters. The number of aromatic amines is 1. The third kappa shape index (κ3) is 3.44. The summed E-state index contributed by atoms with van der Waals surface area (Å²) in [6.45, 7) is 5.43. The van der Waals surface area contributed by atoms with Gasteiger partial charge in [-0.05, 0) is 25.3 Å². The van der Waals surface area contributed by atoms with Gasteiger partial charge >= 0.3 is 6.03 Å². The molecule has 0 aromatic carbocycles. The van der Waals surface area contributed by atoms with Gasteiger partial charge in [-0.15, -0.1) is 10.2 Å². The molecule has 27 heavy (non-hydrogen) atoms. The molecule has 3 aromatic rings. The van der Waals surface area contributed by atoms with Gasteiger partial charge in [-0.3, -0.25) is 5.32 Å². The first-order valence-electron chi connectivity index (χ1n) is 8.90. The van der Waals surface area contributed by atoms with Crippen LogP contribution in [-0.2, 0) is 0 Å². The fourth-order valence-electron chi connectivity index (χ4n) is 3.55. The molecule has 4 heterocycles. The van der Waals surface area contributed by atoms with Crippen LogP contribution in [0.1, 0.15) is 18.4 Å². The average molecular weight is 386 g/mol. The van der Waals surface area contributed by atoms with Crippen molar-refractivity contribution < 1.29 is 4.79 Å². The number of fused-ring (bicyclic) bond motifs is 1. The number of rotatable bonds is 3. The van der Waals surface area contributed by atoms with Gasteiger partial charge < -0.3 is 14.8 Å². The molecule has 0 aliphatic carbocycles. The Morgan fingerprint density at radius 1 is 1.41 bits per heavy atom. The lowest BCUT2D eigenvalue weighted by Crippen LogP contribution is -2.53. The minimum absolute atomic E-state index is 0.133. The Bertz CT molecular complexity index is 953. The van der Waals surface area contributed by atoms with Crippen molar-refractivity contribution in [1.29, 1.82) is 0 Å². The molecule has 3 aromatic heterocycles. The van der Waals surface area contributed by atoms with Crippen molar-refractivity contribution in [2.45, 2.75) is 26.3 Å². The first kappa shape index (κ1) is 17.7. The van der Waals surface area contributed by atoms with Crippen LogP contribution in [0.4, 0.5) is 15.7 Å². The summed E-state index contributed by atoms with van der Waals surface area (Å²) < 4.78 is 0. The molecule has 0 radical (unpaired) electrons. The molecule has 9 nitrogen and oxygen atoms in total. The van der Waals surface area contributed by atoms with E-state index in [9.17, 15) is 4.79 Å². The largest absolute Gasteiger partial charge is 0.354 e. The van der Waals surface area contributed by atoms with Gasteiger partial charge in [0.1, 0.15) is 22.8 Å². The van der Waals surface area contributed by atoms with Crippen molar-refractivity contribution in [2.24, 2.45) is 5.92 Å². The van der Waals surface area contributed by atoms with E-state index < -0.39 is 0 Å². The lowest BCUT2D eigenvalue weighted by atomic mass is 9.92. The maximum atomic E-state index is 12.7. The number of anilines is 2. The number of piperidine rings is 1. The number of aromatic nitrogens is 5. The lowest BCUT2D eigenvalue weighted by Gasteiger charge is -2.42. The van der Waals surface area contributed by atoms with Crippen LogP contribution in [0.3, 0.4) is 0 Å². The summed E-state index contributed by atoms with van der Waals surface area (Å²) in [6, 6.07) is 2.01. The van der Waals surface area contributed by atoms with Crippen molar-refractivity contribution >= 4 is 39.4 Å². The molecule has 2 atom stereocenters. The van der Waals surface area contributed by atoms with E-state index in [-0.39, 0.29) is 12.1 Å². The number of hydrogen-bond acceptors (Lipinski definition) is 7. The Balaban J connectivity index is 1.51. The lowest BCUT2D eigenvalue weighted by molar-refractivity contribution is 0.172. The third-order valence-corrected chi connectivity index (χ3v) is 5.86. The van der Waals surface area contributed by atoms with Gasteiger partial charge in [0.05, 0.1) is 11.4 Å². The van der Waals surface area contributed by atoms with Gasteiger partial charge in [0.25, 0.3) is 0 Å². The molecule has 0 spiro atoms. The molecular formula is C17H22N8OS. The first-order valence-corrected chi connectivity index (χ1v) is 9.71. The van der Waals surface area contributed by atoms with E-state index in [4.69, 9.17) is 0 Å². The van der Waals surface area contributed by atoms with Gasteiger partial charge in [-0.2, -0.15) is 0 Å². The summed E-state index contributed by atoms with van der Waals surface area (Å²) in [7, 11) is 2.03. The summed E-state index contributed by atoms with van der Waals surface area (Å²) in [5.41, 5.74) is 0.816. The van der Waals surface area contributed by atoms with Crippen molar-refractivity contribution in [3.63, 3.8) is 0 Å². The number of amides is 2. The van der Waals surface area contributed by atoms with E-state index in [1.165, 1.54) is 11.3 Å². The Kier molecular flexibility index (Phi) is 4.65. The Labute approximate surface area is 160 Å². The van der Waals surface area contributed by atoms with Crippen LogP contribution in [0, 0.1) is 12.8 Å². The SMILES string of the molecule is Cc1nnc(NC(=O)N2CCC(C)C(N(C)c3ncnc4[nH]ccc34)C2)s1. The maximum Gasteiger partial charge on any atom is 0.323 e. The molecule has 4 rings (SSSR count). The molecule has 1 saturated heterocycles. The minimum atomic E-state index is -0.133. The molecule has 2 N–H and O–H groups in total. The second kappa shape index (κ2) is 7.10. The van der Waals surface area contributed by atoms with Crippen molar-refractivity contribution in [3.8, 4) is 0 Å². The zero-order valence-electron chi connectivity index (χ0n) is 15.5. The fourth-order valence-corrected chi connectivity index (χ4v) is 4.13. The molecule has 1 aliphatic heterocycles. The monoisotopic (exact) mass is 386 g/mol. The van der Waals surface area contributed by atoms with Crippen LogP contribution in [0.5, 0.6) is 0 Å². The predicted octanol–water partition coefficient (Wildman–Crippen LogP) is 2.50. The van der Waals surface area contributed by atoms with E-state index in [0.717, 1.165) is 34.8 Å². The summed E-state index contributed by atoms with van der Waals surface area (Å²) in [6.07, 6.45) is 4.37. The Hall–Kier alpha value is -2.75. The Morgan fingerprint density at radius 2 is 2.26 bits per heavy atom. The van der Waals surface area contributed by atoms with E-state index in [1.54, 1.807) is 6.33 Å². The zero-order valence-corrected chi connectivity index (χ0v) is 16.3. The number of carbonyl (C=O) groups excluding carboxylic acids is 1. The van der Waals surface area contributed by atoms with Crippen molar-refractivity contribution in [2.75, 3.05) is 30.4 Å². The minimum Gasteiger partial charge on any atom is -0.354 e. The molecule has 142 valence electrons. The normalized spacial score (nSPS) is 20.0. The highest BCUT2D eigenvalue weighted by atomic mass is 32.1. The summed E-state index contributed by atoms with van der Waals surface area (Å²) >= 11 is 1.38. The standard InChI is InChI=1S/C17H22N8OS/c1-10-5-7-25(17(26)21-16-23-22-11(2)27-16)8-13(10)24(3)15-12-4-6-18-14(12)19-9-20-15/h4,6,9-10,13H,5,7-8H2,1-3H3,(H,18,19,20)(H,21,23,26). The second-order valence-corrected chi connectivity index (χ2v) is 8.07. The molecule has 0 saturated carbocycles. The van der Waals surface area contributed by atoms with Crippen LogP contribution in [0.25, 0.3) is 11.0 Å². The molecule has 1 fully saturated rings. The van der Waals surface area contributed by atoms with Gasteiger partial charge in [-0.25, -0.2) is 14.8 Å². The highest BCUT2D eigenvalue weighted by Crippen LogP contribution is 2.29. The number of H-pyrrole nitrogens is 1. The van der Waals surface area contributed by atoms with E-state index >= 15 is 0 Å². The number of hydrogen-bond donors (Lipinski definition) is 2. The predicted molar refractivity (Wildman–Crippen MR) is 105 cm³/mol. The third-order valence-electron chi connectivity index (χ3n) is 5.11. The number of urea groups is 1. The number of likely N-dealkylation sites (tertiary alicyclic amines) is 1. The molecule has 0 bridgehead atoms. The quantitative estimate of drug-likeness (QED) is 0.717. The highest BCUT2D eigenvalue weighted by molar-refractivity contribution is 7.15. The summed E-state index contributed by atoms with van der Waals surface area (Å²) in [5.74, 6) is 1.31. The molecule has 2 amide bonds. The highest BCUT2D eigenvalue weighted by Gasteiger charge is 2.33. The first-order chi connectivity index (χ1) is 13.0. The van der Waals surface area contributed by atoms with Gasteiger partial charge in [-0.1, -0.05) is 18.3 Å². The van der Waals surface area contributed by atoms with Crippen LogP contribution < -0.4 is 10.2 Å². The van der Waals surface area contributed by atoms with Gasteiger partial charge in [0.2, 0.25) is 5.13 Å². The molecule has 1 aliphatic rings. The maximum absolute atomic E-state index is 12.7. The number of aryl methyl sites for hydroxylation is 1. The fraction of sp³-hybridized carbons (Fsp3) is 0.471. The van der Waals surface area contributed by atoms with Crippen LogP contribution in [0.2, 0.25) is 0 Å². The number of nitrogens with one attached hydrogen (secondary N) is 2. The number of nitrogens with zero attached hydrogens (tertiary/aromatic N) is 6. The topological polar surface area (TPSA) is 103 Å².